The number of methoxy groups -OCH3 is 1. The Morgan fingerprint density at radius 2 is 1.96 bits per heavy atom. The summed E-state index contributed by atoms with van der Waals surface area (Å²) >= 11 is 0. The number of aromatic nitrogens is 1. The summed E-state index contributed by atoms with van der Waals surface area (Å²) in [5.74, 6) is 0.687. The second-order valence-electron chi connectivity index (χ2n) is 4.78. The molecule has 0 aliphatic rings. The third kappa shape index (κ3) is 4.68. The highest BCUT2D eigenvalue weighted by atomic mass is 32.2. The van der Waals surface area contributed by atoms with Crippen molar-refractivity contribution < 1.29 is 17.9 Å². The number of nitrogens with zero attached hydrogens (tertiary/aromatic N) is 1. The Balaban J connectivity index is 1.95. The molecule has 0 saturated heterocycles. The number of carbonyl (C=O) groups is 1. The number of sulfone groups is 1. The Bertz CT molecular complexity index is 789. The number of urea groups is 1. The summed E-state index contributed by atoms with van der Waals surface area (Å²) in [4.78, 5) is 15.7. The van der Waals surface area contributed by atoms with Gasteiger partial charge in [-0.2, -0.15) is 0 Å². The first-order valence-electron chi connectivity index (χ1n) is 6.73. The lowest BCUT2D eigenvalue weighted by molar-refractivity contribution is 0.251. The van der Waals surface area contributed by atoms with Gasteiger partial charge in [-0.25, -0.2) is 18.2 Å². The average Bonchev–Trinajstić information content (AvgIpc) is 2.53. The molecule has 2 amide bonds. The maximum atomic E-state index is 11.9. The second-order valence-corrected chi connectivity index (χ2v) is 6.74. The number of amides is 2. The molecule has 0 bridgehead atoms. The molecular weight excluding hydrogens is 318 g/mol. The van der Waals surface area contributed by atoms with E-state index in [0.29, 0.717) is 18.0 Å². The Labute approximate surface area is 134 Å². The zero-order valence-electron chi connectivity index (χ0n) is 12.7. The van der Waals surface area contributed by atoms with Gasteiger partial charge in [-0.3, -0.25) is 0 Å². The summed E-state index contributed by atoms with van der Waals surface area (Å²) < 4.78 is 27.8. The highest BCUT2D eigenvalue weighted by Crippen LogP contribution is 2.16. The monoisotopic (exact) mass is 335 g/mol. The van der Waals surface area contributed by atoms with Gasteiger partial charge in [0.05, 0.1) is 19.0 Å². The molecule has 0 spiro atoms. The molecule has 122 valence electrons. The van der Waals surface area contributed by atoms with Gasteiger partial charge in [0.15, 0.2) is 14.9 Å². The molecule has 0 saturated carbocycles. The minimum absolute atomic E-state index is 0.0440. The molecule has 23 heavy (non-hydrogen) atoms. The lowest BCUT2D eigenvalue weighted by atomic mass is 10.2. The quantitative estimate of drug-likeness (QED) is 0.868. The van der Waals surface area contributed by atoms with Crippen LogP contribution in [0, 0.1) is 0 Å². The molecule has 0 aliphatic heterocycles. The summed E-state index contributed by atoms with van der Waals surface area (Å²) in [6.45, 7) is 0.296. The topological polar surface area (TPSA) is 97.4 Å². The number of hydrogen-bond donors (Lipinski definition) is 2. The third-order valence-electron chi connectivity index (χ3n) is 3.01. The van der Waals surface area contributed by atoms with Crippen molar-refractivity contribution in [2.24, 2.45) is 0 Å². The Morgan fingerprint density at radius 3 is 2.57 bits per heavy atom. The van der Waals surface area contributed by atoms with E-state index in [-0.39, 0.29) is 5.03 Å². The van der Waals surface area contributed by atoms with E-state index in [9.17, 15) is 13.2 Å². The number of para-hydroxylation sites is 1. The van der Waals surface area contributed by atoms with Crippen LogP contribution >= 0.6 is 0 Å². The van der Waals surface area contributed by atoms with Crippen molar-refractivity contribution in [1.29, 1.82) is 0 Å². The van der Waals surface area contributed by atoms with Crippen LogP contribution < -0.4 is 15.4 Å². The van der Waals surface area contributed by atoms with E-state index in [1.54, 1.807) is 7.11 Å². The molecule has 0 atom stereocenters. The Hall–Kier alpha value is -2.61. The van der Waals surface area contributed by atoms with E-state index in [2.05, 4.69) is 15.6 Å². The van der Waals surface area contributed by atoms with E-state index in [1.807, 2.05) is 24.3 Å². The number of benzene rings is 1. The van der Waals surface area contributed by atoms with Crippen LogP contribution in [0.5, 0.6) is 5.75 Å². The van der Waals surface area contributed by atoms with Gasteiger partial charge in [0.2, 0.25) is 0 Å². The standard InChI is InChI=1S/C15H17N3O4S/c1-22-13-6-4-3-5-11(13)9-17-15(19)18-12-7-8-14(16-10-12)23(2,20)21/h3-8,10H,9H2,1-2H3,(H2,17,18,19). The number of nitrogens with one attached hydrogen (secondary N) is 2. The van der Waals surface area contributed by atoms with Crippen molar-refractivity contribution in [2.45, 2.75) is 11.6 Å². The molecule has 2 rings (SSSR count). The second kappa shape index (κ2) is 7.10. The first kappa shape index (κ1) is 16.8. The van der Waals surface area contributed by atoms with Crippen molar-refractivity contribution in [3.63, 3.8) is 0 Å². The zero-order chi connectivity index (χ0) is 16.9. The van der Waals surface area contributed by atoms with Crippen LogP contribution in [0.1, 0.15) is 5.56 Å². The predicted molar refractivity (Wildman–Crippen MR) is 86.2 cm³/mol. The molecule has 0 aliphatic carbocycles. The van der Waals surface area contributed by atoms with Crippen molar-refractivity contribution in [2.75, 3.05) is 18.7 Å². The lowest BCUT2D eigenvalue weighted by Gasteiger charge is -2.10. The number of anilines is 1. The van der Waals surface area contributed by atoms with E-state index < -0.39 is 15.9 Å². The van der Waals surface area contributed by atoms with Gasteiger partial charge < -0.3 is 15.4 Å². The van der Waals surface area contributed by atoms with E-state index in [1.165, 1.54) is 18.3 Å². The largest absolute Gasteiger partial charge is 0.496 e. The van der Waals surface area contributed by atoms with Gasteiger partial charge in [0.1, 0.15) is 5.75 Å². The fraction of sp³-hybridized carbons (Fsp3) is 0.200. The maximum absolute atomic E-state index is 11.9. The molecule has 0 fully saturated rings. The molecule has 0 radical (unpaired) electrons. The van der Waals surface area contributed by atoms with Crippen LogP contribution in [0.15, 0.2) is 47.6 Å². The molecule has 7 nitrogen and oxygen atoms in total. The summed E-state index contributed by atoms with van der Waals surface area (Å²) in [5, 5.41) is 5.23. The van der Waals surface area contributed by atoms with E-state index >= 15 is 0 Å². The summed E-state index contributed by atoms with van der Waals surface area (Å²) in [6, 6.07) is 9.74. The smallest absolute Gasteiger partial charge is 0.319 e. The number of carbonyl (C=O) groups excluding carboxylic acids is 1. The molecule has 1 heterocycles. The van der Waals surface area contributed by atoms with Crippen LogP contribution in [0.2, 0.25) is 0 Å². The van der Waals surface area contributed by atoms with Gasteiger partial charge in [-0.05, 0) is 18.2 Å². The van der Waals surface area contributed by atoms with Gasteiger partial charge in [-0.1, -0.05) is 18.2 Å². The number of pyridine rings is 1. The van der Waals surface area contributed by atoms with Crippen LogP contribution in [-0.4, -0.2) is 32.8 Å². The van der Waals surface area contributed by atoms with Crippen molar-refractivity contribution in [1.82, 2.24) is 10.3 Å². The third-order valence-corrected chi connectivity index (χ3v) is 4.01. The Morgan fingerprint density at radius 1 is 1.22 bits per heavy atom. The number of hydrogen-bond acceptors (Lipinski definition) is 5. The number of ether oxygens (including phenoxy) is 1. The molecule has 2 N–H and O–H groups in total. The maximum Gasteiger partial charge on any atom is 0.319 e. The van der Waals surface area contributed by atoms with Crippen molar-refractivity contribution >= 4 is 21.6 Å². The highest BCUT2D eigenvalue weighted by molar-refractivity contribution is 7.90. The normalized spacial score (nSPS) is 10.9. The fourth-order valence-electron chi connectivity index (χ4n) is 1.87. The minimum atomic E-state index is -3.36. The Kier molecular flexibility index (Phi) is 5.17. The van der Waals surface area contributed by atoms with Gasteiger partial charge >= 0.3 is 6.03 Å². The van der Waals surface area contributed by atoms with Crippen LogP contribution in [0.25, 0.3) is 0 Å². The summed E-state index contributed by atoms with van der Waals surface area (Å²) in [6.07, 6.45) is 2.36. The van der Waals surface area contributed by atoms with Crippen molar-refractivity contribution in [3.8, 4) is 5.75 Å². The van der Waals surface area contributed by atoms with E-state index in [0.717, 1.165) is 11.8 Å². The van der Waals surface area contributed by atoms with E-state index in [4.69, 9.17) is 4.74 Å². The number of rotatable bonds is 5. The molecule has 0 unspecified atom stereocenters. The average molecular weight is 335 g/mol. The van der Waals surface area contributed by atoms with Gasteiger partial charge in [-0.15, -0.1) is 0 Å². The molecule has 1 aromatic carbocycles. The molecule has 8 heteroatoms. The SMILES string of the molecule is COc1ccccc1CNC(=O)Nc1ccc(S(C)(=O)=O)nc1. The van der Waals surface area contributed by atoms with Crippen LogP contribution in [0.4, 0.5) is 10.5 Å². The van der Waals surface area contributed by atoms with Gasteiger partial charge in [0, 0.05) is 18.4 Å². The summed E-state index contributed by atoms with van der Waals surface area (Å²) in [5.41, 5.74) is 1.24. The molecule has 1 aromatic heterocycles. The summed E-state index contributed by atoms with van der Waals surface area (Å²) in [7, 11) is -1.79. The molecular formula is C15H17N3O4S. The highest BCUT2D eigenvalue weighted by Gasteiger charge is 2.09. The lowest BCUT2D eigenvalue weighted by Crippen LogP contribution is -2.28. The van der Waals surface area contributed by atoms with Gasteiger partial charge in [0.25, 0.3) is 0 Å². The fourth-order valence-corrected chi connectivity index (χ4v) is 2.43. The van der Waals surface area contributed by atoms with Crippen molar-refractivity contribution in [3.05, 3.63) is 48.2 Å². The van der Waals surface area contributed by atoms with Crippen LogP contribution in [-0.2, 0) is 16.4 Å². The molecule has 2 aromatic rings. The predicted octanol–water partition coefficient (Wildman–Crippen LogP) is 1.82. The first-order chi connectivity index (χ1) is 10.9. The zero-order valence-corrected chi connectivity index (χ0v) is 13.6. The minimum Gasteiger partial charge on any atom is -0.496 e. The van der Waals surface area contributed by atoms with Crippen LogP contribution in [0.3, 0.4) is 0 Å². The first-order valence-corrected chi connectivity index (χ1v) is 8.62.